The highest BCUT2D eigenvalue weighted by molar-refractivity contribution is 7.92. The van der Waals surface area contributed by atoms with Crippen LogP contribution in [-0.2, 0) is 26.2 Å². The van der Waals surface area contributed by atoms with Crippen molar-refractivity contribution in [1.82, 2.24) is 10.2 Å². The van der Waals surface area contributed by atoms with Crippen LogP contribution in [-0.4, -0.2) is 44.8 Å². The Morgan fingerprint density at radius 2 is 1.63 bits per heavy atom. The summed E-state index contributed by atoms with van der Waals surface area (Å²) < 4.78 is 28.7. The zero-order valence-electron chi connectivity index (χ0n) is 21.7. The molecule has 3 rings (SSSR count). The maximum atomic E-state index is 13.9. The Morgan fingerprint density at radius 1 is 0.947 bits per heavy atom. The van der Waals surface area contributed by atoms with E-state index in [1.807, 2.05) is 19.9 Å². The first-order valence-electron chi connectivity index (χ1n) is 12.1. The van der Waals surface area contributed by atoms with Crippen LogP contribution in [0.4, 0.5) is 5.69 Å². The Balaban J connectivity index is 2.09. The number of halogens is 2. The zero-order chi connectivity index (χ0) is 28.0. The van der Waals surface area contributed by atoms with Crippen LogP contribution in [0.25, 0.3) is 0 Å². The molecule has 2 amide bonds. The summed E-state index contributed by atoms with van der Waals surface area (Å²) in [6.07, 6.45) is 0.311. The highest BCUT2D eigenvalue weighted by Gasteiger charge is 2.33. The summed E-state index contributed by atoms with van der Waals surface area (Å²) in [4.78, 5) is 28.1. The molecule has 0 fully saturated rings. The molecule has 3 aromatic carbocycles. The molecule has 1 N–H and O–H groups in total. The number of carbonyl (C=O) groups is 2. The Bertz CT molecular complexity index is 1410. The number of likely N-dealkylation sites (N-methyl/N-ethyl adjacent to an activating group) is 1. The fourth-order valence-electron chi connectivity index (χ4n) is 4.05. The Morgan fingerprint density at radius 3 is 2.21 bits per heavy atom. The molecule has 0 saturated carbocycles. The number of benzene rings is 3. The average molecular weight is 577 g/mol. The second kappa shape index (κ2) is 12.7. The minimum absolute atomic E-state index is 0.00703. The van der Waals surface area contributed by atoms with E-state index in [0.29, 0.717) is 27.7 Å². The number of nitrogens with zero attached hydrogens (tertiary/aromatic N) is 2. The van der Waals surface area contributed by atoms with E-state index in [2.05, 4.69) is 5.32 Å². The lowest BCUT2D eigenvalue weighted by Gasteiger charge is -2.33. The molecule has 202 valence electrons. The molecule has 38 heavy (non-hydrogen) atoms. The molecule has 10 heteroatoms. The summed E-state index contributed by atoms with van der Waals surface area (Å²) in [5, 5.41) is 3.37. The van der Waals surface area contributed by atoms with E-state index < -0.39 is 28.5 Å². The largest absolute Gasteiger partial charge is 0.357 e. The first kappa shape index (κ1) is 29.5. The van der Waals surface area contributed by atoms with Gasteiger partial charge in [0.2, 0.25) is 11.8 Å². The summed E-state index contributed by atoms with van der Waals surface area (Å²) in [5.41, 5.74) is 2.80. The standard InChI is InChI=1S/C28H31Cl2N3O4S/c1-5-26(28(35)31-4)32(17-21-12-13-22(29)16-25(21)30)27(34)18-33(23-14-11-19(2)20(3)15-23)38(36,37)24-9-7-6-8-10-24/h6-16,26H,5,17-18H2,1-4H3,(H,31,35)/t26-/m0/s1. The quantitative estimate of drug-likeness (QED) is 0.352. The Hall–Kier alpha value is -3.07. The normalized spacial score (nSPS) is 12.1. The summed E-state index contributed by atoms with van der Waals surface area (Å²) >= 11 is 12.4. The van der Waals surface area contributed by atoms with Crippen LogP contribution < -0.4 is 9.62 Å². The number of amides is 2. The molecule has 0 aliphatic heterocycles. The fourth-order valence-corrected chi connectivity index (χ4v) is 5.94. The topological polar surface area (TPSA) is 86.8 Å². The predicted molar refractivity (Wildman–Crippen MR) is 152 cm³/mol. The third-order valence-corrected chi connectivity index (χ3v) is 8.75. The number of hydrogen-bond acceptors (Lipinski definition) is 4. The second-order valence-corrected chi connectivity index (χ2v) is 11.6. The van der Waals surface area contributed by atoms with Crippen LogP contribution in [0.2, 0.25) is 10.0 Å². The molecule has 0 aliphatic carbocycles. The van der Waals surface area contributed by atoms with E-state index in [1.165, 1.54) is 24.1 Å². The number of hydrogen-bond donors (Lipinski definition) is 1. The van der Waals surface area contributed by atoms with Gasteiger partial charge in [-0.2, -0.15) is 0 Å². The lowest BCUT2D eigenvalue weighted by molar-refractivity contribution is -0.140. The van der Waals surface area contributed by atoms with E-state index in [4.69, 9.17) is 23.2 Å². The Kier molecular flexibility index (Phi) is 9.82. The minimum Gasteiger partial charge on any atom is -0.357 e. The van der Waals surface area contributed by atoms with Crippen molar-refractivity contribution in [3.8, 4) is 0 Å². The van der Waals surface area contributed by atoms with Crippen LogP contribution in [0.1, 0.15) is 30.0 Å². The van der Waals surface area contributed by atoms with Crippen molar-refractivity contribution >= 4 is 50.7 Å². The monoisotopic (exact) mass is 575 g/mol. The lowest BCUT2D eigenvalue weighted by Crippen LogP contribution is -2.51. The number of rotatable bonds is 10. The molecule has 0 bridgehead atoms. The molecule has 1 atom stereocenters. The van der Waals surface area contributed by atoms with E-state index in [9.17, 15) is 18.0 Å². The molecule has 3 aromatic rings. The first-order valence-corrected chi connectivity index (χ1v) is 14.3. The van der Waals surface area contributed by atoms with Crippen LogP contribution in [0.15, 0.2) is 71.6 Å². The molecule has 0 aromatic heterocycles. The molecular weight excluding hydrogens is 545 g/mol. The van der Waals surface area contributed by atoms with Crippen molar-refractivity contribution in [2.24, 2.45) is 0 Å². The zero-order valence-corrected chi connectivity index (χ0v) is 24.1. The van der Waals surface area contributed by atoms with E-state index in [0.717, 1.165) is 15.4 Å². The maximum Gasteiger partial charge on any atom is 0.264 e. The Labute approximate surface area is 234 Å². The third-order valence-electron chi connectivity index (χ3n) is 6.38. The smallest absolute Gasteiger partial charge is 0.264 e. The van der Waals surface area contributed by atoms with Gasteiger partial charge in [0.25, 0.3) is 10.0 Å². The molecule has 0 aliphatic rings. The van der Waals surface area contributed by atoms with Crippen molar-refractivity contribution in [3.05, 3.63) is 93.5 Å². The highest BCUT2D eigenvalue weighted by atomic mass is 35.5. The number of aryl methyl sites for hydroxylation is 2. The summed E-state index contributed by atoms with van der Waals surface area (Å²) in [7, 11) is -2.63. The number of carbonyl (C=O) groups excluding carboxylic acids is 2. The molecule has 0 radical (unpaired) electrons. The van der Waals surface area contributed by atoms with Gasteiger partial charge in [0.15, 0.2) is 0 Å². The van der Waals surface area contributed by atoms with Gasteiger partial charge in [-0.3, -0.25) is 13.9 Å². The van der Waals surface area contributed by atoms with Crippen molar-refractivity contribution in [1.29, 1.82) is 0 Å². The summed E-state index contributed by atoms with van der Waals surface area (Å²) in [6, 6.07) is 17.2. The molecule has 0 unspecified atom stereocenters. The van der Waals surface area contributed by atoms with Crippen molar-refractivity contribution in [2.45, 2.75) is 44.7 Å². The minimum atomic E-state index is -4.12. The van der Waals surface area contributed by atoms with E-state index in [-0.39, 0.29) is 17.3 Å². The van der Waals surface area contributed by atoms with Gasteiger partial charge in [-0.05, 0) is 73.4 Å². The van der Waals surface area contributed by atoms with Crippen LogP contribution in [0.3, 0.4) is 0 Å². The van der Waals surface area contributed by atoms with Crippen LogP contribution >= 0.6 is 23.2 Å². The van der Waals surface area contributed by atoms with Gasteiger partial charge in [-0.15, -0.1) is 0 Å². The van der Waals surface area contributed by atoms with E-state index >= 15 is 0 Å². The van der Waals surface area contributed by atoms with Crippen molar-refractivity contribution < 1.29 is 18.0 Å². The predicted octanol–water partition coefficient (Wildman–Crippen LogP) is 5.36. The molecule has 0 heterocycles. The third kappa shape index (κ3) is 6.67. The van der Waals surface area contributed by atoms with Crippen LogP contribution in [0, 0.1) is 13.8 Å². The van der Waals surface area contributed by atoms with Gasteiger partial charge in [0.05, 0.1) is 10.6 Å². The molecular formula is C28H31Cl2N3O4S. The fraction of sp³-hybridized carbons (Fsp3) is 0.286. The van der Waals surface area contributed by atoms with Crippen LogP contribution in [0.5, 0.6) is 0 Å². The van der Waals surface area contributed by atoms with Gasteiger partial charge in [0.1, 0.15) is 12.6 Å². The van der Waals surface area contributed by atoms with Gasteiger partial charge in [-0.25, -0.2) is 8.42 Å². The van der Waals surface area contributed by atoms with Crippen molar-refractivity contribution in [2.75, 3.05) is 17.9 Å². The van der Waals surface area contributed by atoms with Gasteiger partial charge >= 0.3 is 0 Å². The van der Waals surface area contributed by atoms with Crippen molar-refractivity contribution in [3.63, 3.8) is 0 Å². The number of anilines is 1. The van der Waals surface area contributed by atoms with Gasteiger partial charge in [0, 0.05) is 23.6 Å². The summed E-state index contributed by atoms with van der Waals surface area (Å²) in [5.74, 6) is -0.918. The summed E-state index contributed by atoms with van der Waals surface area (Å²) in [6.45, 7) is 5.06. The van der Waals surface area contributed by atoms with E-state index in [1.54, 1.807) is 55.5 Å². The molecule has 0 spiro atoms. The number of sulfonamides is 1. The lowest BCUT2D eigenvalue weighted by atomic mass is 10.1. The second-order valence-electron chi connectivity index (χ2n) is 8.89. The SMILES string of the molecule is CC[C@@H](C(=O)NC)N(Cc1ccc(Cl)cc1Cl)C(=O)CN(c1ccc(C)c(C)c1)S(=O)(=O)c1ccccc1. The number of nitrogens with one attached hydrogen (secondary N) is 1. The highest BCUT2D eigenvalue weighted by Crippen LogP contribution is 2.28. The molecule has 0 saturated heterocycles. The average Bonchev–Trinajstić information content (AvgIpc) is 2.90. The molecule has 7 nitrogen and oxygen atoms in total. The van der Waals surface area contributed by atoms with Gasteiger partial charge < -0.3 is 10.2 Å². The van der Waals surface area contributed by atoms with Gasteiger partial charge in [-0.1, -0.05) is 60.5 Å². The first-order chi connectivity index (χ1) is 18.0. The maximum absolute atomic E-state index is 13.9.